The quantitative estimate of drug-likeness (QED) is 0.409. The van der Waals surface area contributed by atoms with Crippen molar-refractivity contribution in [1.29, 1.82) is 0 Å². The van der Waals surface area contributed by atoms with Crippen molar-refractivity contribution in [2.45, 2.75) is 0 Å². The van der Waals surface area contributed by atoms with Crippen LogP contribution in [0.2, 0.25) is 0 Å². The average molecular weight is 229 g/mol. The standard InChI is InChI=1S/CH2N4O6.NO3/c2-1(6)3-10-5(9)11-4(7)8;2-1(3)4/h(H2-,2,3,6);/q;-1/p+1. The van der Waals surface area contributed by atoms with E-state index in [1.165, 1.54) is 5.48 Å². The van der Waals surface area contributed by atoms with Gasteiger partial charge >= 0.3 is 16.2 Å². The van der Waals surface area contributed by atoms with Gasteiger partial charge in [-0.25, -0.2) is 4.79 Å². The van der Waals surface area contributed by atoms with Crippen molar-refractivity contribution < 1.29 is 29.9 Å². The van der Waals surface area contributed by atoms with Gasteiger partial charge in [-0.05, 0) is 4.94 Å². The molecule has 3 N–H and O–H groups in total. The molecule has 0 radical (unpaired) electrons. The van der Waals surface area contributed by atoms with Gasteiger partial charge in [-0.3, -0.25) is 0 Å². The normalized spacial score (nSPS) is 7.47. The fourth-order valence-corrected chi connectivity index (χ4v) is 0.153. The van der Waals surface area contributed by atoms with E-state index < -0.39 is 21.3 Å². The number of nitrogens with two attached hydrogens (primary N) is 1. The summed E-state index contributed by atoms with van der Waals surface area (Å²) in [6.45, 7) is 0. The molecule has 0 unspecified atom stereocenters. The first-order chi connectivity index (χ1) is 6.75. The molecule has 0 fully saturated rings. The third-order valence-corrected chi connectivity index (χ3v) is 0.354. The molecule has 14 heteroatoms. The lowest BCUT2D eigenvalue weighted by atomic mass is 11.2. The van der Waals surface area contributed by atoms with E-state index in [9.17, 15) is 19.8 Å². The maximum atomic E-state index is 9.92. The summed E-state index contributed by atoms with van der Waals surface area (Å²) in [7, 11) is 0. The van der Waals surface area contributed by atoms with E-state index in [1.807, 2.05) is 0 Å². The highest BCUT2D eigenvalue weighted by Crippen LogP contribution is 1.76. The molecule has 0 saturated heterocycles. The number of nitrogens with zero attached hydrogens (tertiary/aromatic N) is 3. The minimum absolute atomic E-state index is 0.940. The van der Waals surface area contributed by atoms with Crippen LogP contribution in [0.5, 0.6) is 0 Å². The molecular formula is CH3N5O9. The predicted octanol–water partition coefficient (Wildman–Crippen LogP) is -1.84. The first kappa shape index (κ1) is 14.6. The molecule has 14 nitrogen and oxygen atoms in total. The Kier molecular flexibility index (Phi) is 7.49. The van der Waals surface area contributed by atoms with Crippen molar-refractivity contribution in [2.24, 2.45) is 5.73 Å². The van der Waals surface area contributed by atoms with Gasteiger partial charge in [0.25, 0.3) is 0 Å². The molecular weight excluding hydrogens is 226 g/mol. The Labute approximate surface area is 78.8 Å². The summed E-state index contributed by atoms with van der Waals surface area (Å²) in [6, 6.07) is -1.20. The average Bonchev–Trinajstić information content (AvgIpc) is 1.98. The van der Waals surface area contributed by atoms with Crippen LogP contribution in [-0.2, 0) is 9.88 Å². The first-order valence-electron chi connectivity index (χ1n) is 2.59. The highest BCUT2D eigenvalue weighted by Gasteiger charge is 2.19. The Morgan fingerprint density at radius 2 is 1.60 bits per heavy atom. The topological polar surface area (TPSA) is 203 Å². The molecule has 0 aromatic rings. The third-order valence-electron chi connectivity index (χ3n) is 0.354. The zero-order valence-corrected chi connectivity index (χ0v) is 6.59. The zero-order chi connectivity index (χ0) is 12.4. The Hall–Kier alpha value is -2.93. The lowest BCUT2D eigenvalue weighted by Crippen LogP contribution is -2.33. The second-order valence-electron chi connectivity index (χ2n) is 1.31. The van der Waals surface area contributed by atoms with Gasteiger partial charge in [-0.2, -0.15) is 0 Å². The fourth-order valence-electron chi connectivity index (χ4n) is 0.153. The molecule has 0 aliphatic carbocycles. The molecule has 0 aromatic carbocycles. The molecule has 0 saturated carbocycles. The minimum atomic E-state index is -1.75. The molecule has 15 heavy (non-hydrogen) atoms. The number of carbonyl (C=O) groups is 1. The van der Waals surface area contributed by atoms with Gasteiger partial charge in [0.15, 0.2) is 0 Å². The van der Waals surface area contributed by atoms with Gasteiger partial charge in [0.2, 0.25) is 0 Å². The molecule has 0 heterocycles. The molecule has 0 aliphatic heterocycles. The van der Waals surface area contributed by atoms with Crippen LogP contribution in [-0.4, -0.2) is 21.3 Å². The number of carbonyl (C=O) groups excluding carboxylic acids is 1. The number of hydroxylamine groups is 1. The Balaban J connectivity index is 0. The first-order valence-corrected chi connectivity index (χ1v) is 2.59. The van der Waals surface area contributed by atoms with E-state index in [4.69, 9.17) is 15.3 Å². The van der Waals surface area contributed by atoms with Gasteiger partial charge < -0.3 is 21.1 Å². The summed E-state index contributed by atoms with van der Waals surface area (Å²) >= 11 is 0. The number of rotatable bonds is 4. The van der Waals surface area contributed by atoms with E-state index in [0.29, 0.717) is 0 Å². The third kappa shape index (κ3) is 24.7. The molecule has 0 aliphatic rings. The van der Waals surface area contributed by atoms with E-state index in [-0.39, 0.29) is 0 Å². The monoisotopic (exact) mass is 229 g/mol. The number of hydrogen-bond acceptors (Lipinski definition) is 9. The smallest absolute Gasteiger partial charge is 0.356 e. The second-order valence-corrected chi connectivity index (χ2v) is 1.31. The molecule has 0 atom stereocenters. The van der Waals surface area contributed by atoms with Crippen LogP contribution in [0.15, 0.2) is 0 Å². The van der Waals surface area contributed by atoms with Gasteiger partial charge in [0.1, 0.15) is 4.91 Å². The number of primary amides is 1. The second kappa shape index (κ2) is 7.71. The maximum absolute atomic E-state index is 9.92. The number of hydrogen-bond donors (Lipinski definition) is 2. The molecule has 86 valence electrons. The Bertz CT molecular complexity index is 255. The van der Waals surface area contributed by atoms with E-state index in [2.05, 4.69) is 15.6 Å². The van der Waals surface area contributed by atoms with Crippen LogP contribution >= 0.6 is 0 Å². The Morgan fingerprint density at radius 3 is 1.87 bits per heavy atom. The number of nitrogens with one attached hydrogen (secondary N) is 1. The van der Waals surface area contributed by atoms with Crippen molar-refractivity contribution in [3.05, 3.63) is 30.3 Å². The highest BCUT2D eigenvalue weighted by atomic mass is 17.2. The molecule has 0 rings (SSSR count). The largest absolute Gasteiger partial charge is 0.502 e. The van der Waals surface area contributed by atoms with E-state index in [1.54, 1.807) is 0 Å². The van der Waals surface area contributed by atoms with Gasteiger partial charge in [-0.1, -0.05) is 5.48 Å². The van der Waals surface area contributed by atoms with Crippen LogP contribution in [0.1, 0.15) is 0 Å². The summed E-state index contributed by atoms with van der Waals surface area (Å²) in [5.41, 5.74) is 5.68. The molecule has 0 spiro atoms. The lowest BCUT2D eigenvalue weighted by molar-refractivity contribution is -1.14. The summed E-state index contributed by atoms with van der Waals surface area (Å²) in [5, 5.41) is 21.7. The van der Waals surface area contributed by atoms with Crippen molar-refractivity contribution in [3.63, 3.8) is 0 Å². The summed E-state index contributed by atoms with van der Waals surface area (Å²) in [4.78, 5) is 43.9. The molecule has 0 aromatic heterocycles. The van der Waals surface area contributed by atoms with Crippen LogP contribution in [0.25, 0.3) is 0 Å². The van der Waals surface area contributed by atoms with Crippen LogP contribution in [0, 0.1) is 30.3 Å². The van der Waals surface area contributed by atoms with Gasteiger partial charge in [0.05, 0.1) is 10.0 Å². The van der Waals surface area contributed by atoms with Gasteiger partial charge in [0, 0.05) is 0 Å². The predicted molar refractivity (Wildman–Crippen MR) is 35.9 cm³/mol. The summed E-state index contributed by atoms with van der Waals surface area (Å²) in [5.74, 6) is 0. The summed E-state index contributed by atoms with van der Waals surface area (Å²) in [6.07, 6.45) is 0. The lowest BCUT2D eigenvalue weighted by Gasteiger charge is -1.86. The SMILES string of the molecule is NC(=O)NO[N+](=O)O[N+](=O)[O-].O=[N+]([O-])[O-]. The van der Waals surface area contributed by atoms with Crippen molar-refractivity contribution in [1.82, 2.24) is 5.48 Å². The maximum Gasteiger partial charge on any atom is 0.502 e. The minimum Gasteiger partial charge on any atom is -0.356 e. The van der Waals surface area contributed by atoms with Gasteiger partial charge in [-0.15, -0.1) is 10.1 Å². The van der Waals surface area contributed by atoms with E-state index in [0.717, 1.165) is 0 Å². The molecule has 0 bridgehead atoms. The van der Waals surface area contributed by atoms with Crippen LogP contribution in [0.3, 0.4) is 0 Å². The van der Waals surface area contributed by atoms with Crippen LogP contribution in [0.4, 0.5) is 4.79 Å². The Morgan fingerprint density at radius 1 is 1.20 bits per heavy atom. The zero-order valence-electron chi connectivity index (χ0n) is 6.59. The van der Waals surface area contributed by atoms with Crippen molar-refractivity contribution in [3.8, 4) is 0 Å². The van der Waals surface area contributed by atoms with Crippen molar-refractivity contribution in [2.75, 3.05) is 0 Å². The summed E-state index contributed by atoms with van der Waals surface area (Å²) < 4.78 is 0. The van der Waals surface area contributed by atoms with Crippen molar-refractivity contribution >= 4 is 6.03 Å². The fraction of sp³-hybridized carbons (Fsp3) is 0. The van der Waals surface area contributed by atoms with E-state index >= 15 is 0 Å². The highest BCUT2D eigenvalue weighted by molar-refractivity contribution is 5.70. The molecule has 2 amide bonds. The number of amides is 2. The van der Waals surface area contributed by atoms with Crippen LogP contribution < -0.4 is 11.2 Å². The number of urea groups is 1.